The zero-order valence-electron chi connectivity index (χ0n) is 8.66. The Labute approximate surface area is 97.4 Å². The smallest absolute Gasteiger partial charge is 0.324 e. The van der Waals surface area contributed by atoms with Gasteiger partial charge in [-0.25, -0.2) is 4.79 Å². The van der Waals surface area contributed by atoms with Gasteiger partial charge in [0.15, 0.2) is 0 Å². The first-order chi connectivity index (χ1) is 7.59. The van der Waals surface area contributed by atoms with Gasteiger partial charge in [-0.15, -0.1) is 0 Å². The van der Waals surface area contributed by atoms with Gasteiger partial charge >= 0.3 is 6.03 Å². The van der Waals surface area contributed by atoms with E-state index in [9.17, 15) is 9.59 Å². The molecule has 3 amide bonds. The molecule has 1 saturated heterocycles. The van der Waals surface area contributed by atoms with Crippen molar-refractivity contribution in [2.24, 2.45) is 0 Å². The van der Waals surface area contributed by atoms with Crippen molar-refractivity contribution in [1.29, 1.82) is 0 Å². The molecule has 1 N–H and O–H groups in total. The van der Waals surface area contributed by atoms with E-state index < -0.39 is 5.91 Å². The summed E-state index contributed by atoms with van der Waals surface area (Å²) < 4.78 is 0. The number of hydrogen-bond acceptors (Lipinski definition) is 3. The molecule has 0 spiro atoms. The van der Waals surface area contributed by atoms with Gasteiger partial charge in [-0.05, 0) is 13.0 Å². The van der Waals surface area contributed by atoms with Crippen LogP contribution in [-0.2, 0) is 0 Å². The maximum Gasteiger partial charge on any atom is 0.324 e. The predicted octanol–water partition coefficient (Wildman–Crippen LogP) is 1.21. The van der Waals surface area contributed by atoms with Gasteiger partial charge in [-0.3, -0.25) is 14.7 Å². The van der Waals surface area contributed by atoms with Gasteiger partial charge in [0, 0.05) is 25.0 Å². The molecule has 16 heavy (non-hydrogen) atoms. The van der Waals surface area contributed by atoms with E-state index >= 15 is 0 Å². The molecule has 0 aliphatic carbocycles. The standard InChI is InChI=1S/C10H10ClN3O2/c1-6-4-8(11)7(5-13-6)9(15)14-3-2-12-10(14)16/h4-5H,2-3H2,1H3,(H,12,16). The highest BCUT2D eigenvalue weighted by atomic mass is 35.5. The summed E-state index contributed by atoms with van der Waals surface area (Å²) in [7, 11) is 0. The number of carbonyl (C=O) groups excluding carboxylic acids is 2. The Morgan fingerprint density at radius 1 is 1.62 bits per heavy atom. The highest BCUT2D eigenvalue weighted by Crippen LogP contribution is 2.18. The van der Waals surface area contributed by atoms with E-state index in [1.807, 2.05) is 0 Å². The number of rotatable bonds is 1. The van der Waals surface area contributed by atoms with Gasteiger partial charge in [0.2, 0.25) is 0 Å². The SMILES string of the molecule is Cc1cc(Cl)c(C(=O)N2CCNC2=O)cn1. The summed E-state index contributed by atoms with van der Waals surface area (Å²) in [6, 6.07) is 1.21. The van der Waals surface area contributed by atoms with Gasteiger partial charge in [0.25, 0.3) is 5.91 Å². The Morgan fingerprint density at radius 3 is 2.94 bits per heavy atom. The van der Waals surface area contributed by atoms with Gasteiger partial charge in [-0.2, -0.15) is 0 Å². The Bertz CT molecular complexity index is 461. The molecule has 5 nitrogen and oxygen atoms in total. The number of amides is 3. The predicted molar refractivity (Wildman–Crippen MR) is 58.4 cm³/mol. The van der Waals surface area contributed by atoms with Crippen LogP contribution in [0, 0.1) is 6.92 Å². The minimum atomic E-state index is -0.410. The van der Waals surface area contributed by atoms with Crippen LogP contribution >= 0.6 is 11.6 Å². The largest absolute Gasteiger partial charge is 0.336 e. The second-order valence-electron chi connectivity index (χ2n) is 3.49. The number of aryl methyl sites for hydroxylation is 1. The monoisotopic (exact) mass is 239 g/mol. The Balaban J connectivity index is 2.30. The second-order valence-corrected chi connectivity index (χ2v) is 3.90. The molecule has 0 aromatic carbocycles. The molecular weight excluding hydrogens is 230 g/mol. The lowest BCUT2D eigenvalue weighted by Gasteiger charge is -2.12. The summed E-state index contributed by atoms with van der Waals surface area (Å²) >= 11 is 5.93. The number of pyridine rings is 1. The van der Waals surface area contributed by atoms with Gasteiger partial charge in [0.05, 0.1) is 10.6 Å². The van der Waals surface area contributed by atoms with Crippen molar-refractivity contribution in [3.8, 4) is 0 Å². The number of urea groups is 1. The molecule has 1 aliphatic heterocycles. The summed E-state index contributed by atoms with van der Waals surface area (Å²) in [5.74, 6) is -0.410. The van der Waals surface area contributed by atoms with Crippen molar-refractivity contribution >= 4 is 23.5 Å². The van der Waals surface area contributed by atoms with Crippen molar-refractivity contribution in [1.82, 2.24) is 15.2 Å². The van der Waals surface area contributed by atoms with Crippen molar-refractivity contribution in [3.63, 3.8) is 0 Å². The van der Waals surface area contributed by atoms with Crippen molar-refractivity contribution in [2.45, 2.75) is 6.92 Å². The minimum Gasteiger partial charge on any atom is -0.336 e. The lowest BCUT2D eigenvalue weighted by atomic mass is 10.2. The van der Waals surface area contributed by atoms with E-state index in [2.05, 4.69) is 10.3 Å². The minimum absolute atomic E-state index is 0.254. The van der Waals surface area contributed by atoms with Crippen LogP contribution in [-0.4, -0.2) is 34.9 Å². The molecule has 0 unspecified atom stereocenters. The third kappa shape index (κ3) is 1.86. The number of aromatic nitrogens is 1. The summed E-state index contributed by atoms with van der Waals surface area (Å²) in [5, 5.41) is 2.87. The quantitative estimate of drug-likeness (QED) is 0.801. The number of halogens is 1. The highest BCUT2D eigenvalue weighted by Gasteiger charge is 2.28. The van der Waals surface area contributed by atoms with Crippen molar-refractivity contribution in [2.75, 3.05) is 13.1 Å². The Kier molecular flexibility index (Phi) is 2.78. The molecule has 84 valence electrons. The molecule has 6 heteroatoms. The van der Waals surface area contributed by atoms with Crippen LogP contribution in [0.25, 0.3) is 0 Å². The third-order valence-corrected chi connectivity index (χ3v) is 2.64. The number of nitrogens with zero attached hydrogens (tertiary/aromatic N) is 2. The molecule has 2 rings (SSSR count). The first-order valence-corrected chi connectivity index (χ1v) is 5.19. The lowest BCUT2D eigenvalue weighted by Crippen LogP contribution is -2.34. The topological polar surface area (TPSA) is 62.3 Å². The lowest BCUT2D eigenvalue weighted by molar-refractivity contribution is 0.0829. The number of nitrogens with one attached hydrogen (secondary N) is 1. The van der Waals surface area contributed by atoms with Crippen LogP contribution in [0.15, 0.2) is 12.3 Å². The molecule has 0 saturated carbocycles. The maximum atomic E-state index is 11.9. The van der Waals surface area contributed by atoms with Gasteiger partial charge in [0.1, 0.15) is 0 Å². The van der Waals surface area contributed by atoms with E-state index in [0.717, 1.165) is 10.6 Å². The molecule has 0 bridgehead atoms. The van der Waals surface area contributed by atoms with Crippen LogP contribution in [0.3, 0.4) is 0 Å². The van der Waals surface area contributed by atoms with E-state index in [0.29, 0.717) is 18.1 Å². The average Bonchev–Trinajstić information content (AvgIpc) is 2.63. The summed E-state index contributed by atoms with van der Waals surface area (Å²) in [5.41, 5.74) is 0.983. The summed E-state index contributed by atoms with van der Waals surface area (Å²) in [6.07, 6.45) is 1.39. The molecule has 1 aromatic rings. The first kappa shape index (κ1) is 10.9. The van der Waals surface area contributed by atoms with Crippen LogP contribution in [0.1, 0.15) is 16.1 Å². The van der Waals surface area contributed by atoms with Crippen LogP contribution in [0.5, 0.6) is 0 Å². The van der Waals surface area contributed by atoms with Crippen LogP contribution in [0.2, 0.25) is 5.02 Å². The van der Waals surface area contributed by atoms with Crippen molar-refractivity contribution < 1.29 is 9.59 Å². The zero-order chi connectivity index (χ0) is 11.7. The molecule has 0 radical (unpaired) electrons. The summed E-state index contributed by atoms with van der Waals surface area (Å²) in [4.78, 5) is 28.3. The highest BCUT2D eigenvalue weighted by molar-refractivity contribution is 6.34. The van der Waals surface area contributed by atoms with E-state index in [4.69, 9.17) is 11.6 Å². The number of hydrogen-bond donors (Lipinski definition) is 1. The molecule has 1 aliphatic rings. The molecular formula is C10H10ClN3O2. The molecule has 0 atom stereocenters. The Hall–Kier alpha value is -1.62. The van der Waals surface area contributed by atoms with E-state index in [1.165, 1.54) is 6.20 Å². The zero-order valence-corrected chi connectivity index (χ0v) is 9.41. The number of carbonyl (C=O) groups is 2. The average molecular weight is 240 g/mol. The second kappa shape index (κ2) is 4.09. The van der Waals surface area contributed by atoms with Gasteiger partial charge < -0.3 is 5.32 Å². The van der Waals surface area contributed by atoms with E-state index in [1.54, 1.807) is 13.0 Å². The third-order valence-electron chi connectivity index (χ3n) is 2.32. The molecule has 1 fully saturated rings. The van der Waals surface area contributed by atoms with Gasteiger partial charge in [-0.1, -0.05) is 11.6 Å². The first-order valence-electron chi connectivity index (χ1n) is 4.81. The fraction of sp³-hybridized carbons (Fsp3) is 0.300. The normalized spacial score (nSPS) is 15.1. The Morgan fingerprint density at radius 2 is 2.38 bits per heavy atom. The molecule has 1 aromatic heterocycles. The van der Waals surface area contributed by atoms with Crippen LogP contribution < -0.4 is 5.32 Å². The fourth-order valence-corrected chi connectivity index (χ4v) is 1.78. The summed E-state index contributed by atoms with van der Waals surface area (Å²) in [6.45, 7) is 2.62. The molecule has 2 heterocycles. The van der Waals surface area contributed by atoms with Crippen LogP contribution in [0.4, 0.5) is 4.79 Å². The van der Waals surface area contributed by atoms with E-state index in [-0.39, 0.29) is 11.6 Å². The number of imide groups is 1. The van der Waals surface area contributed by atoms with Crippen molar-refractivity contribution in [3.05, 3.63) is 28.5 Å². The fourth-order valence-electron chi connectivity index (χ4n) is 1.49. The maximum absolute atomic E-state index is 11.9.